The van der Waals surface area contributed by atoms with Crippen molar-refractivity contribution in [3.05, 3.63) is 35.6 Å². The van der Waals surface area contributed by atoms with E-state index in [-0.39, 0.29) is 17.6 Å². The summed E-state index contributed by atoms with van der Waals surface area (Å²) in [6.07, 6.45) is 2.78. The smallest absolute Gasteiger partial charge is 0.225 e. The number of rotatable bonds is 6. The van der Waals surface area contributed by atoms with Crippen LogP contribution in [0.4, 0.5) is 4.39 Å². The van der Waals surface area contributed by atoms with Crippen molar-refractivity contribution in [2.24, 2.45) is 5.92 Å². The van der Waals surface area contributed by atoms with Gasteiger partial charge in [0, 0.05) is 19.5 Å². The van der Waals surface area contributed by atoms with Crippen LogP contribution in [0, 0.1) is 11.7 Å². The molecule has 1 aromatic rings. The average molecular weight is 251 g/mol. The van der Waals surface area contributed by atoms with Gasteiger partial charge < -0.3 is 4.90 Å². The summed E-state index contributed by atoms with van der Waals surface area (Å²) in [5.41, 5.74) is 1.00. The lowest BCUT2D eigenvalue weighted by atomic mass is 10.00. The van der Waals surface area contributed by atoms with Crippen molar-refractivity contribution in [2.75, 3.05) is 13.6 Å². The summed E-state index contributed by atoms with van der Waals surface area (Å²) in [6, 6.07) is 6.36. The number of nitrogens with zero attached hydrogens (tertiary/aromatic N) is 1. The van der Waals surface area contributed by atoms with Crippen LogP contribution in [-0.2, 0) is 11.2 Å². The van der Waals surface area contributed by atoms with Crippen LogP contribution in [0.15, 0.2) is 24.3 Å². The maximum Gasteiger partial charge on any atom is 0.225 e. The summed E-state index contributed by atoms with van der Waals surface area (Å²) < 4.78 is 12.8. The minimum absolute atomic E-state index is 0.0580. The van der Waals surface area contributed by atoms with Gasteiger partial charge in [-0.1, -0.05) is 32.4 Å². The highest BCUT2D eigenvalue weighted by Gasteiger charge is 2.17. The number of hydrogen-bond donors (Lipinski definition) is 0. The van der Waals surface area contributed by atoms with E-state index in [1.54, 1.807) is 17.0 Å². The first kappa shape index (κ1) is 14.7. The van der Waals surface area contributed by atoms with Gasteiger partial charge in [-0.25, -0.2) is 4.39 Å². The second-order valence-electron chi connectivity index (χ2n) is 4.84. The van der Waals surface area contributed by atoms with Crippen LogP contribution in [-0.4, -0.2) is 24.4 Å². The molecule has 0 heterocycles. The van der Waals surface area contributed by atoms with E-state index in [0.717, 1.165) is 24.9 Å². The Morgan fingerprint density at radius 3 is 2.50 bits per heavy atom. The van der Waals surface area contributed by atoms with E-state index < -0.39 is 0 Å². The molecule has 100 valence electrons. The van der Waals surface area contributed by atoms with Gasteiger partial charge in [0.1, 0.15) is 5.82 Å². The van der Waals surface area contributed by atoms with Crippen LogP contribution in [0.25, 0.3) is 0 Å². The number of carbonyl (C=O) groups excluding carboxylic acids is 1. The molecular weight excluding hydrogens is 229 g/mol. The lowest BCUT2D eigenvalue weighted by Gasteiger charge is -2.21. The molecule has 18 heavy (non-hydrogen) atoms. The Kier molecular flexibility index (Phi) is 5.83. The molecule has 3 heteroatoms. The normalized spacial score (nSPS) is 12.2. The zero-order valence-electron chi connectivity index (χ0n) is 11.4. The topological polar surface area (TPSA) is 20.3 Å². The van der Waals surface area contributed by atoms with Gasteiger partial charge in [-0.15, -0.1) is 0 Å². The number of hydrogen-bond acceptors (Lipinski definition) is 1. The summed E-state index contributed by atoms with van der Waals surface area (Å²) >= 11 is 0. The van der Waals surface area contributed by atoms with E-state index in [4.69, 9.17) is 0 Å². The standard InChI is InChI=1S/C15H22FNO/c1-4-5-10-17(3)15(18)12(2)11-13-6-8-14(16)9-7-13/h6-9,12H,4-5,10-11H2,1-3H3. The van der Waals surface area contributed by atoms with Crippen LogP contribution < -0.4 is 0 Å². The molecule has 0 aliphatic rings. The third-order valence-corrected chi connectivity index (χ3v) is 3.10. The Labute approximate surface area is 109 Å². The van der Waals surface area contributed by atoms with Crippen molar-refractivity contribution in [3.8, 4) is 0 Å². The second-order valence-corrected chi connectivity index (χ2v) is 4.84. The molecule has 0 radical (unpaired) electrons. The lowest BCUT2D eigenvalue weighted by molar-refractivity contribution is -0.133. The van der Waals surface area contributed by atoms with Crippen LogP contribution >= 0.6 is 0 Å². The molecule has 1 aromatic carbocycles. The van der Waals surface area contributed by atoms with Gasteiger partial charge in [0.15, 0.2) is 0 Å². The maximum atomic E-state index is 12.8. The van der Waals surface area contributed by atoms with Gasteiger partial charge in [0.25, 0.3) is 0 Å². The van der Waals surface area contributed by atoms with Gasteiger partial charge in [-0.05, 0) is 30.5 Å². The summed E-state index contributed by atoms with van der Waals surface area (Å²) in [4.78, 5) is 13.9. The Morgan fingerprint density at radius 1 is 1.33 bits per heavy atom. The van der Waals surface area contributed by atoms with Crippen molar-refractivity contribution in [1.82, 2.24) is 4.90 Å². The molecule has 1 amide bonds. The molecule has 1 rings (SSSR count). The molecule has 1 unspecified atom stereocenters. The molecule has 2 nitrogen and oxygen atoms in total. The molecule has 0 bridgehead atoms. The molecule has 0 N–H and O–H groups in total. The predicted octanol–water partition coefficient (Wildman–Crippen LogP) is 3.26. The monoisotopic (exact) mass is 251 g/mol. The quantitative estimate of drug-likeness (QED) is 0.760. The van der Waals surface area contributed by atoms with Gasteiger partial charge in [-0.3, -0.25) is 4.79 Å². The number of unbranched alkanes of at least 4 members (excludes halogenated alkanes) is 1. The minimum Gasteiger partial charge on any atom is -0.346 e. The van der Waals surface area contributed by atoms with Crippen LogP contribution in [0.2, 0.25) is 0 Å². The zero-order chi connectivity index (χ0) is 13.5. The van der Waals surface area contributed by atoms with E-state index in [0.29, 0.717) is 6.42 Å². The van der Waals surface area contributed by atoms with E-state index in [2.05, 4.69) is 6.92 Å². The highest BCUT2D eigenvalue weighted by molar-refractivity contribution is 5.78. The van der Waals surface area contributed by atoms with Crippen molar-refractivity contribution < 1.29 is 9.18 Å². The number of benzene rings is 1. The molecule has 0 aliphatic heterocycles. The Bertz CT molecular complexity index is 375. The molecular formula is C15H22FNO. The van der Waals surface area contributed by atoms with Gasteiger partial charge >= 0.3 is 0 Å². The minimum atomic E-state index is -0.238. The van der Waals surface area contributed by atoms with Crippen LogP contribution in [0.5, 0.6) is 0 Å². The number of halogens is 1. The Balaban J connectivity index is 2.51. The zero-order valence-corrected chi connectivity index (χ0v) is 11.4. The summed E-state index contributed by atoms with van der Waals surface area (Å²) in [5.74, 6) is -0.136. The lowest BCUT2D eigenvalue weighted by Crippen LogP contribution is -2.33. The SMILES string of the molecule is CCCCN(C)C(=O)C(C)Cc1ccc(F)cc1. The Hall–Kier alpha value is -1.38. The van der Waals surface area contributed by atoms with Gasteiger partial charge in [0.2, 0.25) is 5.91 Å². The van der Waals surface area contributed by atoms with Crippen LogP contribution in [0.3, 0.4) is 0 Å². The molecule has 0 saturated heterocycles. The third-order valence-electron chi connectivity index (χ3n) is 3.10. The Morgan fingerprint density at radius 2 is 1.94 bits per heavy atom. The fourth-order valence-electron chi connectivity index (χ4n) is 1.94. The third kappa shape index (κ3) is 4.47. The summed E-state index contributed by atoms with van der Waals surface area (Å²) in [6.45, 7) is 4.84. The summed E-state index contributed by atoms with van der Waals surface area (Å²) in [5, 5.41) is 0. The fraction of sp³-hybridized carbons (Fsp3) is 0.533. The van der Waals surface area contributed by atoms with Gasteiger partial charge in [0.05, 0.1) is 0 Å². The molecule has 1 atom stereocenters. The first-order chi connectivity index (χ1) is 8.54. The van der Waals surface area contributed by atoms with Crippen molar-refractivity contribution in [2.45, 2.75) is 33.1 Å². The maximum absolute atomic E-state index is 12.8. The number of amides is 1. The largest absolute Gasteiger partial charge is 0.346 e. The summed E-state index contributed by atoms with van der Waals surface area (Å²) in [7, 11) is 1.85. The van der Waals surface area contributed by atoms with Crippen molar-refractivity contribution in [1.29, 1.82) is 0 Å². The fourth-order valence-corrected chi connectivity index (χ4v) is 1.94. The second kappa shape index (κ2) is 7.14. The molecule has 0 aromatic heterocycles. The molecule has 0 fully saturated rings. The first-order valence-electron chi connectivity index (χ1n) is 6.54. The van der Waals surface area contributed by atoms with Crippen LogP contribution in [0.1, 0.15) is 32.3 Å². The highest BCUT2D eigenvalue weighted by Crippen LogP contribution is 2.12. The van der Waals surface area contributed by atoms with E-state index in [9.17, 15) is 9.18 Å². The van der Waals surface area contributed by atoms with Gasteiger partial charge in [-0.2, -0.15) is 0 Å². The van der Waals surface area contributed by atoms with E-state index in [1.165, 1.54) is 12.1 Å². The highest BCUT2D eigenvalue weighted by atomic mass is 19.1. The average Bonchev–Trinajstić information content (AvgIpc) is 2.37. The molecule has 0 spiro atoms. The van der Waals surface area contributed by atoms with Crippen molar-refractivity contribution in [3.63, 3.8) is 0 Å². The van der Waals surface area contributed by atoms with E-state index in [1.807, 2.05) is 14.0 Å². The molecule has 0 aliphatic carbocycles. The predicted molar refractivity (Wildman–Crippen MR) is 71.8 cm³/mol. The number of carbonyl (C=O) groups is 1. The first-order valence-corrected chi connectivity index (χ1v) is 6.54. The molecule has 0 saturated carbocycles. The van der Waals surface area contributed by atoms with Crippen molar-refractivity contribution >= 4 is 5.91 Å². The van der Waals surface area contributed by atoms with E-state index >= 15 is 0 Å².